The van der Waals surface area contributed by atoms with E-state index in [0.29, 0.717) is 5.56 Å². The van der Waals surface area contributed by atoms with E-state index in [1.54, 1.807) is 37.5 Å². The molecule has 2 aromatic heterocycles. The number of likely N-dealkylation sites (tertiary alicyclic amines) is 1. The number of halogens is 4. The first kappa shape index (κ1) is 21.7. The van der Waals surface area contributed by atoms with Crippen LogP contribution in [0.2, 0.25) is 0 Å². The smallest absolute Gasteiger partial charge is 0.333 e. The van der Waals surface area contributed by atoms with Crippen LogP contribution in [0.4, 0.5) is 17.6 Å². The molecule has 0 saturated carbocycles. The van der Waals surface area contributed by atoms with Crippen molar-refractivity contribution in [1.29, 1.82) is 0 Å². The number of hydrogen-bond acceptors (Lipinski definition) is 4. The van der Waals surface area contributed by atoms with E-state index in [2.05, 4.69) is 15.1 Å². The van der Waals surface area contributed by atoms with Gasteiger partial charge in [-0.3, -0.25) is 9.78 Å². The van der Waals surface area contributed by atoms with Gasteiger partial charge in [-0.15, -0.1) is 5.10 Å². The second-order valence-electron chi connectivity index (χ2n) is 7.83. The molecule has 1 amide bonds. The van der Waals surface area contributed by atoms with Crippen LogP contribution in [-0.4, -0.2) is 49.3 Å². The molecule has 32 heavy (non-hydrogen) atoms. The zero-order valence-electron chi connectivity index (χ0n) is 17.1. The molecule has 0 radical (unpaired) electrons. The molecule has 6 nitrogen and oxygen atoms in total. The van der Waals surface area contributed by atoms with Gasteiger partial charge in [0.05, 0.1) is 18.7 Å². The number of amides is 1. The number of hydrogen-bond donors (Lipinski definition) is 0. The summed E-state index contributed by atoms with van der Waals surface area (Å²) in [7, 11) is 0. The minimum Gasteiger partial charge on any atom is -0.333 e. The summed E-state index contributed by atoms with van der Waals surface area (Å²) < 4.78 is 55.1. The van der Waals surface area contributed by atoms with Gasteiger partial charge in [0.1, 0.15) is 12.0 Å². The highest BCUT2D eigenvalue weighted by molar-refractivity contribution is 5.91. The fourth-order valence-electron chi connectivity index (χ4n) is 3.57. The number of carbonyl (C=O) groups is 1. The number of nitrogens with zero attached hydrogens (tertiary/aromatic N) is 5. The number of rotatable bonds is 5. The maximum absolute atomic E-state index is 14.8. The number of carbonyl (C=O) groups excluding carboxylic acids is 1. The van der Waals surface area contributed by atoms with Crippen molar-refractivity contribution in [2.75, 3.05) is 13.1 Å². The van der Waals surface area contributed by atoms with Crippen LogP contribution < -0.4 is 0 Å². The summed E-state index contributed by atoms with van der Waals surface area (Å²) in [6.45, 7) is 1.49. The van der Waals surface area contributed by atoms with Crippen molar-refractivity contribution in [3.05, 3.63) is 71.8 Å². The van der Waals surface area contributed by atoms with Gasteiger partial charge in [0.25, 0.3) is 0 Å². The van der Waals surface area contributed by atoms with Gasteiger partial charge < -0.3 is 4.90 Å². The first-order valence-electron chi connectivity index (χ1n) is 9.77. The van der Waals surface area contributed by atoms with Gasteiger partial charge in [-0.25, -0.2) is 14.1 Å². The molecule has 0 spiro atoms. The quantitative estimate of drug-likeness (QED) is 0.441. The molecule has 3 heterocycles. The van der Waals surface area contributed by atoms with Crippen molar-refractivity contribution >= 4 is 12.1 Å². The molecule has 0 N–H and O–H groups in total. The second kappa shape index (κ2) is 8.18. The highest BCUT2D eigenvalue weighted by atomic mass is 19.4. The maximum atomic E-state index is 14.8. The van der Waals surface area contributed by atoms with Crippen LogP contribution in [0.1, 0.15) is 16.7 Å². The minimum atomic E-state index is -4.48. The average Bonchev–Trinajstić information content (AvgIpc) is 3.19. The number of alkyl halides is 4. The third-order valence-electron chi connectivity index (χ3n) is 5.05. The van der Waals surface area contributed by atoms with Crippen molar-refractivity contribution < 1.29 is 22.4 Å². The van der Waals surface area contributed by atoms with Crippen LogP contribution in [0.3, 0.4) is 0 Å². The van der Waals surface area contributed by atoms with Crippen molar-refractivity contribution in [3.63, 3.8) is 0 Å². The lowest BCUT2D eigenvalue weighted by molar-refractivity contribution is -0.139. The fourth-order valence-corrected chi connectivity index (χ4v) is 3.57. The molecule has 0 atom stereocenters. The summed E-state index contributed by atoms with van der Waals surface area (Å²) >= 11 is 0. The lowest BCUT2D eigenvalue weighted by Crippen LogP contribution is -2.61. The van der Waals surface area contributed by atoms with E-state index in [0.717, 1.165) is 17.7 Å². The highest BCUT2D eigenvalue weighted by Crippen LogP contribution is 2.32. The third-order valence-corrected chi connectivity index (χ3v) is 5.05. The van der Waals surface area contributed by atoms with Gasteiger partial charge in [0, 0.05) is 36.7 Å². The Labute approximate surface area is 181 Å². The summed E-state index contributed by atoms with van der Waals surface area (Å²) in [6, 6.07) is 7.09. The summed E-state index contributed by atoms with van der Waals surface area (Å²) in [5, 5.41) is 4.10. The topological polar surface area (TPSA) is 63.9 Å². The highest BCUT2D eigenvalue weighted by Gasteiger charge is 2.45. The zero-order chi connectivity index (χ0) is 22.9. The van der Waals surface area contributed by atoms with Gasteiger partial charge in [0.2, 0.25) is 5.91 Å². The molecule has 1 aliphatic heterocycles. The van der Waals surface area contributed by atoms with Gasteiger partial charge in [-0.05, 0) is 42.3 Å². The van der Waals surface area contributed by atoms with Crippen LogP contribution in [0, 0.1) is 6.92 Å². The minimum absolute atomic E-state index is 0.0306. The molecule has 0 bridgehead atoms. The van der Waals surface area contributed by atoms with Crippen LogP contribution in [0.5, 0.6) is 0 Å². The third kappa shape index (κ3) is 4.84. The Bertz CT molecular complexity index is 1150. The fraction of sp³-hybridized carbons (Fsp3) is 0.273. The molecule has 1 fully saturated rings. The molecule has 0 aliphatic carbocycles. The van der Waals surface area contributed by atoms with E-state index in [1.807, 2.05) is 0 Å². The van der Waals surface area contributed by atoms with E-state index in [1.165, 1.54) is 28.2 Å². The summed E-state index contributed by atoms with van der Waals surface area (Å²) in [4.78, 5) is 21.6. The van der Waals surface area contributed by atoms with Crippen LogP contribution in [-0.2, 0) is 17.4 Å². The predicted octanol–water partition coefficient (Wildman–Crippen LogP) is 3.93. The molecule has 3 aromatic rings. The molecular weight excluding hydrogens is 426 g/mol. The maximum Gasteiger partial charge on any atom is 0.416 e. The number of aryl methyl sites for hydroxylation is 1. The van der Waals surface area contributed by atoms with Crippen molar-refractivity contribution in [1.82, 2.24) is 24.6 Å². The normalized spacial score (nSPS) is 15.7. The van der Waals surface area contributed by atoms with E-state index in [-0.39, 0.29) is 30.9 Å². The lowest BCUT2D eigenvalue weighted by Gasteiger charge is -2.44. The van der Waals surface area contributed by atoms with Gasteiger partial charge in [-0.2, -0.15) is 13.2 Å². The first-order chi connectivity index (χ1) is 15.1. The molecule has 4 rings (SSSR count). The van der Waals surface area contributed by atoms with Gasteiger partial charge in [0.15, 0.2) is 5.82 Å². The Morgan fingerprint density at radius 1 is 1.25 bits per heavy atom. The van der Waals surface area contributed by atoms with E-state index >= 15 is 0 Å². The Balaban J connectivity index is 1.39. The second-order valence-corrected chi connectivity index (χ2v) is 7.83. The summed E-state index contributed by atoms with van der Waals surface area (Å²) in [5.41, 5.74) is -0.869. The largest absolute Gasteiger partial charge is 0.416 e. The van der Waals surface area contributed by atoms with E-state index in [4.69, 9.17) is 0 Å². The standard InChI is InChI=1S/C22H19F4N5O/c1-15-7-17(9-18(8-15)22(24,25)26)20-28-14-31(29-20)6-4-19(32)30-12-21(23,13-30)10-16-3-2-5-27-11-16/h2-9,11,14H,10,12-13H2,1H3/b6-4-. The molecular formula is C22H19F4N5O. The van der Waals surface area contributed by atoms with Crippen molar-refractivity contribution in [3.8, 4) is 11.4 Å². The van der Waals surface area contributed by atoms with Crippen molar-refractivity contribution in [2.24, 2.45) is 0 Å². The Kier molecular flexibility index (Phi) is 5.53. The van der Waals surface area contributed by atoms with E-state index in [9.17, 15) is 22.4 Å². The monoisotopic (exact) mass is 445 g/mol. The Hall–Kier alpha value is -3.56. The molecule has 166 valence electrons. The molecule has 10 heteroatoms. The lowest BCUT2D eigenvalue weighted by atomic mass is 9.89. The SMILES string of the molecule is Cc1cc(-c2ncn(/C=C\C(=O)N3CC(F)(Cc4cccnc4)C3)n2)cc(C(F)(F)F)c1. The van der Waals surface area contributed by atoms with Crippen LogP contribution in [0.15, 0.2) is 55.1 Å². The molecule has 1 aliphatic rings. The Morgan fingerprint density at radius 3 is 2.72 bits per heavy atom. The number of aromatic nitrogens is 4. The van der Waals surface area contributed by atoms with Crippen LogP contribution >= 0.6 is 0 Å². The zero-order valence-corrected chi connectivity index (χ0v) is 17.1. The summed E-state index contributed by atoms with van der Waals surface area (Å²) in [5.74, 6) is -0.295. The predicted molar refractivity (Wildman–Crippen MR) is 109 cm³/mol. The molecule has 0 unspecified atom stereocenters. The van der Waals surface area contributed by atoms with Gasteiger partial charge >= 0.3 is 6.18 Å². The Morgan fingerprint density at radius 2 is 2.03 bits per heavy atom. The van der Waals surface area contributed by atoms with Gasteiger partial charge in [-0.1, -0.05) is 6.07 Å². The van der Waals surface area contributed by atoms with Crippen molar-refractivity contribution in [2.45, 2.75) is 25.2 Å². The number of benzene rings is 1. The van der Waals surface area contributed by atoms with E-state index < -0.39 is 23.3 Å². The molecule has 1 saturated heterocycles. The van der Waals surface area contributed by atoms with Crippen LogP contribution in [0.25, 0.3) is 17.6 Å². The summed E-state index contributed by atoms with van der Waals surface area (Å²) in [6.07, 6.45) is 2.75. The molecule has 1 aromatic carbocycles. The number of pyridine rings is 1. The first-order valence-corrected chi connectivity index (χ1v) is 9.77. The average molecular weight is 445 g/mol.